The second kappa shape index (κ2) is 11.7. The van der Waals surface area contributed by atoms with Crippen molar-refractivity contribution in [2.45, 2.75) is 45.3 Å². The highest BCUT2D eigenvalue weighted by Gasteiger charge is 2.37. The molecule has 144 valence electrons. The van der Waals surface area contributed by atoms with Crippen molar-refractivity contribution in [2.75, 3.05) is 27.9 Å². The summed E-state index contributed by atoms with van der Waals surface area (Å²) in [6, 6.07) is 2.87. The average molecular weight is 375 g/mol. The Balaban J connectivity index is 5.69. The number of carbonyl (C=O) groups is 3. The third-order valence-corrected chi connectivity index (χ3v) is 10.6. The van der Waals surface area contributed by atoms with Crippen LogP contribution in [0.15, 0.2) is 11.3 Å². The van der Waals surface area contributed by atoms with Crippen molar-refractivity contribution in [2.24, 2.45) is 5.92 Å². The van der Waals surface area contributed by atoms with E-state index in [1.54, 1.807) is 6.08 Å². The number of ether oxygens (including phenoxy) is 4. The topological polar surface area (TPSA) is 88.1 Å². The van der Waals surface area contributed by atoms with Crippen LogP contribution < -0.4 is 0 Å². The second-order valence-electron chi connectivity index (χ2n) is 5.64. The molecule has 0 aromatic heterocycles. The van der Waals surface area contributed by atoms with E-state index in [1.807, 2.05) is 0 Å². The molecule has 0 aromatic carbocycles. The van der Waals surface area contributed by atoms with E-state index in [2.05, 4.69) is 25.5 Å². The molecule has 0 unspecified atom stereocenters. The second-order valence-corrected chi connectivity index (χ2v) is 11.0. The third-order valence-electron chi connectivity index (χ3n) is 4.80. The summed E-state index contributed by atoms with van der Waals surface area (Å²) < 4.78 is 18.9. The fourth-order valence-electron chi connectivity index (χ4n) is 2.98. The van der Waals surface area contributed by atoms with Gasteiger partial charge >= 0.3 is 18.1 Å². The van der Waals surface area contributed by atoms with Crippen LogP contribution in [0.5, 0.6) is 0 Å². The Labute approximate surface area is 150 Å². The van der Waals surface area contributed by atoms with Gasteiger partial charge in [0.1, 0.15) is 6.61 Å². The number of methoxy groups -OCH3 is 3. The SMILES string of the molecule is CC[Si](CC)(CC)/C(=C/COC(=O)OC)CC(C(=O)OC)C(=O)OC. The molecule has 0 aliphatic rings. The minimum Gasteiger partial charge on any atom is -0.468 e. The number of hydrogen-bond donors (Lipinski definition) is 0. The molecule has 25 heavy (non-hydrogen) atoms. The van der Waals surface area contributed by atoms with E-state index in [9.17, 15) is 14.4 Å². The lowest BCUT2D eigenvalue weighted by molar-refractivity contribution is -0.158. The van der Waals surface area contributed by atoms with Gasteiger partial charge in [0.15, 0.2) is 5.92 Å². The summed E-state index contributed by atoms with van der Waals surface area (Å²) in [6.45, 7) is 6.37. The molecule has 7 nitrogen and oxygen atoms in total. The summed E-state index contributed by atoms with van der Waals surface area (Å²) in [7, 11) is 1.83. The number of carbonyl (C=O) groups excluding carboxylic acids is 3. The van der Waals surface area contributed by atoms with Crippen LogP contribution in [0.2, 0.25) is 18.1 Å². The third kappa shape index (κ3) is 6.53. The molecular weight excluding hydrogens is 344 g/mol. The number of rotatable bonds is 10. The molecule has 0 fully saturated rings. The van der Waals surface area contributed by atoms with E-state index in [0.29, 0.717) is 0 Å². The van der Waals surface area contributed by atoms with Crippen molar-refractivity contribution in [1.29, 1.82) is 0 Å². The monoisotopic (exact) mass is 374 g/mol. The maximum Gasteiger partial charge on any atom is 0.508 e. The first kappa shape index (κ1) is 23.2. The van der Waals surface area contributed by atoms with Crippen molar-refractivity contribution in [1.82, 2.24) is 0 Å². The first-order valence-electron chi connectivity index (χ1n) is 8.41. The van der Waals surface area contributed by atoms with E-state index in [-0.39, 0.29) is 13.0 Å². The number of hydrogen-bond acceptors (Lipinski definition) is 7. The molecule has 0 N–H and O–H groups in total. The fraction of sp³-hybridized carbons (Fsp3) is 0.706. The Hall–Kier alpha value is -1.83. The van der Waals surface area contributed by atoms with E-state index in [1.165, 1.54) is 21.3 Å². The van der Waals surface area contributed by atoms with E-state index >= 15 is 0 Å². The molecule has 8 heteroatoms. The first-order chi connectivity index (χ1) is 11.8. The Kier molecular flexibility index (Phi) is 10.8. The lowest BCUT2D eigenvalue weighted by Gasteiger charge is -2.32. The van der Waals surface area contributed by atoms with E-state index in [0.717, 1.165) is 23.3 Å². The summed E-state index contributed by atoms with van der Waals surface area (Å²) in [5, 5.41) is 1.00. The van der Waals surface area contributed by atoms with E-state index in [4.69, 9.17) is 14.2 Å². The van der Waals surface area contributed by atoms with Crippen LogP contribution in [0.4, 0.5) is 4.79 Å². The summed E-state index contributed by atoms with van der Waals surface area (Å²) in [5.41, 5.74) is 0. The van der Waals surface area contributed by atoms with Crippen molar-refractivity contribution in [3.8, 4) is 0 Å². The summed E-state index contributed by atoms with van der Waals surface area (Å²) >= 11 is 0. The number of allylic oxidation sites excluding steroid dienone is 1. The largest absolute Gasteiger partial charge is 0.508 e. The lowest BCUT2D eigenvalue weighted by Crippen LogP contribution is -2.38. The molecule has 0 aliphatic heterocycles. The lowest BCUT2D eigenvalue weighted by atomic mass is 10.1. The Morgan fingerprint density at radius 1 is 0.880 bits per heavy atom. The van der Waals surface area contributed by atoms with Crippen molar-refractivity contribution in [3.63, 3.8) is 0 Å². The normalized spacial score (nSPS) is 11.9. The highest BCUT2D eigenvalue weighted by molar-refractivity contribution is 6.86. The molecule has 0 saturated heterocycles. The maximum atomic E-state index is 12.0. The molecule has 0 radical (unpaired) electrons. The standard InChI is InChI=1S/C17H30O7Si/c1-7-25(8-2,9-3)13(10-11-24-17(20)23-6)12-14(15(18)21-4)16(19)22-5/h10,14H,7-9,11-12H2,1-6H3/b13-10+. The van der Waals surface area contributed by atoms with Crippen molar-refractivity contribution < 1.29 is 33.3 Å². The van der Waals surface area contributed by atoms with Crippen LogP contribution in [-0.2, 0) is 28.5 Å². The molecule has 0 bridgehead atoms. The van der Waals surface area contributed by atoms with Gasteiger partial charge in [-0.2, -0.15) is 0 Å². The zero-order valence-corrected chi connectivity index (χ0v) is 17.0. The van der Waals surface area contributed by atoms with Crippen LogP contribution in [0.3, 0.4) is 0 Å². The van der Waals surface area contributed by atoms with Crippen LogP contribution in [0, 0.1) is 5.92 Å². The van der Waals surface area contributed by atoms with Crippen molar-refractivity contribution >= 4 is 26.2 Å². The smallest absolute Gasteiger partial charge is 0.468 e. The van der Waals surface area contributed by atoms with Gasteiger partial charge in [0.25, 0.3) is 0 Å². The van der Waals surface area contributed by atoms with Crippen LogP contribution in [-0.4, -0.2) is 54.1 Å². The molecule has 0 aliphatic carbocycles. The predicted molar refractivity (Wildman–Crippen MR) is 95.8 cm³/mol. The van der Waals surface area contributed by atoms with Gasteiger partial charge in [-0.25, -0.2) is 4.79 Å². The Morgan fingerprint density at radius 2 is 1.36 bits per heavy atom. The van der Waals surface area contributed by atoms with Crippen molar-refractivity contribution in [3.05, 3.63) is 11.3 Å². The average Bonchev–Trinajstić information content (AvgIpc) is 2.65. The predicted octanol–water partition coefficient (Wildman–Crippen LogP) is 3.10. The van der Waals surface area contributed by atoms with Gasteiger partial charge in [0, 0.05) is 0 Å². The van der Waals surface area contributed by atoms with Gasteiger partial charge in [-0.3, -0.25) is 9.59 Å². The maximum absolute atomic E-state index is 12.0. The molecule has 0 rings (SSSR count). The van der Waals surface area contributed by atoms with Crippen LogP contribution in [0.25, 0.3) is 0 Å². The fourth-order valence-corrected chi connectivity index (χ4v) is 7.00. The zero-order valence-electron chi connectivity index (χ0n) is 16.0. The molecule has 0 heterocycles. The molecule has 0 atom stereocenters. The molecule has 0 spiro atoms. The highest BCUT2D eigenvalue weighted by atomic mass is 28.3. The molecule has 0 amide bonds. The van der Waals surface area contributed by atoms with Gasteiger partial charge in [-0.15, -0.1) is 0 Å². The van der Waals surface area contributed by atoms with Gasteiger partial charge in [0.2, 0.25) is 0 Å². The Morgan fingerprint density at radius 3 is 1.72 bits per heavy atom. The molecule has 0 aromatic rings. The minimum atomic E-state index is -1.90. The highest BCUT2D eigenvalue weighted by Crippen LogP contribution is 2.33. The summed E-state index contributed by atoms with van der Waals surface area (Å²) in [6.07, 6.45) is 1.24. The Bertz CT molecular complexity index is 459. The summed E-state index contributed by atoms with van der Waals surface area (Å²) in [5.74, 6) is -2.27. The van der Waals surface area contributed by atoms with Gasteiger partial charge in [-0.05, 0) is 6.42 Å². The van der Waals surface area contributed by atoms with Gasteiger partial charge in [0.05, 0.1) is 29.4 Å². The summed E-state index contributed by atoms with van der Waals surface area (Å²) in [4.78, 5) is 35.2. The molecular formula is C17H30O7Si. The van der Waals surface area contributed by atoms with Gasteiger partial charge < -0.3 is 18.9 Å². The first-order valence-corrected chi connectivity index (χ1v) is 11.0. The van der Waals surface area contributed by atoms with E-state index < -0.39 is 32.1 Å². The van der Waals surface area contributed by atoms with Gasteiger partial charge in [-0.1, -0.05) is 50.2 Å². The number of esters is 2. The minimum absolute atomic E-state index is 0.0336. The quantitative estimate of drug-likeness (QED) is 0.251. The zero-order chi connectivity index (χ0) is 19.5. The molecule has 0 saturated carbocycles. The van der Waals surface area contributed by atoms with Crippen LogP contribution >= 0.6 is 0 Å². The van der Waals surface area contributed by atoms with Crippen LogP contribution in [0.1, 0.15) is 27.2 Å².